The molecular weight excluding hydrogens is 373 g/mol. The Hall–Kier alpha value is -1.28. The van der Waals surface area contributed by atoms with Crippen molar-refractivity contribution in [3.8, 4) is 0 Å². The molecule has 0 saturated carbocycles. The normalized spacial score (nSPS) is 16.2. The molecule has 0 aliphatic carbocycles. The van der Waals surface area contributed by atoms with E-state index < -0.39 is 10.0 Å². The van der Waals surface area contributed by atoms with Crippen molar-refractivity contribution in [2.24, 2.45) is 5.92 Å². The summed E-state index contributed by atoms with van der Waals surface area (Å²) in [7, 11) is -3.83. The highest BCUT2D eigenvalue weighted by molar-refractivity contribution is 7.92. The summed E-state index contributed by atoms with van der Waals surface area (Å²) in [5.74, 6) is 0.491. The lowest BCUT2D eigenvalue weighted by Crippen LogP contribution is -2.20. The SMILES string of the molecule is O=S(=O)(Nc1cnn(CC2CCOCC2)c1)c1cc(Cl)ccc1Cl. The minimum Gasteiger partial charge on any atom is -0.381 e. The minimum absolute atomic E-state index is 0.0613. The molecule has 24 heavy (non-hydrogen) atoms. The standard InChI is InChI=1S/C15H17Cl2N3O3S/c16-12-1-2-14(17)15(7-12)24(21,22)19-13-8-18-20(10-13)9-11-3-5-23-6-4-11/h1-2,7-8,10-11,19H,3-6,9H2. The maximum atomic E-state index is 12.5. The summed E-state index contributed by atoms with van der Waals surface area (Å²) >= 11 is 11.8. The topological polar surface area (TPSA) is 73.2 Å². The molecule has 2 heterocycles. The number of halogens is 2. The Balaban J connectivity index is 1.72. The molecule has 0 spiro atoms. The molecule has 1 fully saturated rings. The second-order valence-electron chi connectivity index (χ2n) is 5.69. The second kappa shape index (κ2) is 7.31. The van der Waals surface area contributed by atoms with Gasteiger partial charge in [-0.15, -0.1) is 0 Å². The molecule has 1 N–H and O–H groups in total. The van der Waals surface area contributed by atoms with Crippen molar-refractivity contribution in [3.05, 3.63) is 40.6 Å². The highest BCUT2D eigenvalue weighted by Crippen LogP contribution is 2.27. The van der Waals surface area contributed by atoms with Gasteiger partial charge in [0.1, 0.15) is 4.90 Å². The van der Waals surface area contributed by atoms with E-state index in [1.165, 1.54) is 24.4 Å². The fourth-order valence-corrected chi connectivity index (χ4v) is 4.39. The van der Waals surface area contributed by atoms with Gasteiger partial charge in [-0.25, -0.2) is 8.42 Å². The summed E-state index contributed by atoms with van der Waals surface area (Å²) < 4.78 is 34.5. The van der Waals surface area contributed by atoms with Gasteiger partial charge in [0, 0.05) is 31.0 Å². The first-order chi connectivity index (χ1) is 11.4. The van der Waals surface area contributed by atoms with E-state index in [-0.39, 0.29) is 9.92 Å². The van der Waals surface area contributed by atoms with Crippen LogP contribution in [0.25, 0.3) is 0 Å². The summed E-state index contributed by atoms with van der Waals surface area (Å²) in [5, 5.41) is 4.63. The van der Waals surface area contributed by atoms with Crippen molar-refractivity contribution in [2.45, 2.75) is 24.3 Å². The summed E-state index contributed by atoms with van der Waals surface area (Å²) in [5.41, 5.74) is 0.387. The predicted molar refractivity (Wildman–Crippen MR) is 93.0 cm³/mol. The second-order valence-corrected chi connectivity index (χ2v) is 8.18. The van der Waals surface area contributed by atoms with Crippen molar-refractivity contribution in [1.82, 2.24) is 9.78 Å². The molecule has 1 aromatic carbocycles. The fraction of sp³-hybridized carbons (Fsp3) is 0.400. The van der Waals surface area contributed by atoms with Crippen molar-refractivity contribution in [1.29, 1.82) is 0 Å². The molecule has 0 radical (unpaired) electrons. The van der Waals surface area contributed by atoms with E-state index >= 15 is 0 Å². The van der Waals surface area contributed by atoms with Crippen molar-refractivity contribution in [2.75, 3.05) is 17.9 Å². The third-order valence-electron chi connectivity index (χ3n) is 3.85. The minimum atomic E-state index is -3.83. The first-order valence-electron chi connectivity index (χ1n) is 7.52. The zero-order valence-electron chi connectivity index (χ0n) is 12.8. The molecule has 0 amide bonds. The van der Waals surface area contributed by atoms with Crippen LogP contribution in [0.1, 0.15) is 12.8 Å². The van der Waals surface area contributed by atoms with Crippen LogP contribution in [0.4, 0.5) is 5.69 Å². The van der Waals surface area contributed by atoms with Gasteiger partial charge in [-0.2, -0.15) is 5.10 Å². The smallest absolute Gasteiger partial charge is 0.263 e. The maximum absolute atomic E-state index is 12.5. The molecule has 0 atom stereocenters. The summed E-state index contributed by atoms with van der Waals surface area (Å²) in [4.78, 5) is -0.0613. The number of aromatic nitrogens is 2. The van der Waals surface area contributed by atoms with Crippen LogP contribution in [0.5, 0.6) is 0 Å². The first kappa shape index (κ1) is 17.5. The lowest BCUT2D eigenvalue weighted by molar-refractivity contribution is 0.0601. The highest BCUT2D eigenvalue weighted by atomic mass is 35.5. The molecule has 1 aliphatic rings. The molecule has 1 aromatic heterocycles. The van der Waals surface area contributed by atoms with Crippen molar-refractivity contribution >= 4 is 38.9 Å². The van der Waals surface area contributed by atoms with Crippen LogP contribution in [0.3, 0.4) is 0 Å². The zero-order chi connectivity index (χ0) is 17.2. The Labute approximate surface area is 150 Å². The number of ether oxygens (including phenoxy) is 1. The van der Waals surface area contributed by atoms with Gasteiger partial charge in [-0.1, -0.05) is 23.2 Å². The van der Waals surface area contributed by atoms with E-state index in [0.29, 0.717) is 16.6 Å². The molecular formula is C15H17Cl2N3O3S. The summed E-state index contributed by atoms with van der Waals surface area (Å²) in [6.45, 7) is 2.26. The van der Waals surface area contributed by atoms with E-state index in [4.69, 9.17) is 27.9 Å². The lowest BCUT2D eigenvalue weighted by Gasteiger charge is -2.21. The van der Waals surface area contributed by atoms with Gasteiger partial charge in [0.05, 0.1) is 16.9 Å². The number of hydrogen-bond donors (Lipinski definition) is 1. The van der Waals surface area contributed by atoms with Gasteiger partial charge in [-0.3, -0.25) is 9.40 Å². The number of hydrogen-bond acceptors (Lipinski definition) is 4. The largest absolute Gasteiger partial charge is 0.381 e. The van der Waals surface area contributed by atoms with Crippen LogP contribution in [-0.4, -0.2) is 31.4 Å². The van der Waals surface area contributed by atoms with Gasteiger partial charge in [0.2, 0.25) is 0 Å². The molecule has 3 rings (SSSR count). The van der Waals surface area contributed by atoms with Crippen LogP contribution in [-0.2, 0) is 21.3 Å². The van der Waals surface area contributed by atoms with Gasteiger partial charge >= 0.3 is 0 Å². The highest BCUT2D eigenvalue weighted by Gasteiger charge is 2.20. The molecule has 1 aliphatic heterocycles. The first-order valence-corrected chi connectivity index (χ1v) is 9.76. The Morgan fingerprint density at radius 3 is 2.79 bits per heavy atom. The maximum Gasteiger partial charge on any atom is 0.263 e. The zero-order valence-corrected chi connectivity index (χ0v) is 15.1. The van der Waals surface area contributed by atoms with Crippen LogP contribution in [0.15, 0.2) is 35.5 Å². The van der Waals surface area contributed by atoms with Crippen LogP contribution in [0.2, 0.25) is 10.0 Å². The van der Waals surface area contributed by atoms with E-state index in [2.05, 4.69) is 9.82 Å². The molecule has 0 bridgehead atoms. The van der Waals surface area contributed by atoms with E-state index in [1.807, 2.05) is 0 Å². The summed E-state index contributed by atoms with van der Waals surface area (Å²) in [6, 6.07) is 4.31. The average Bonchev–Trinajstić information content (AvgIpc) is 2.97. The van der Waals surface area contributed by atoms with Gasteiger partial charge in [0.25, 0.3) is 10.0 Å². The molecule has 6 nitrogen and oxygen atoms in total. The predicted octanol–water partition coefficient (Wildman–Crippen LogP) is 3.42. The van der Waals surface area contributed by atoms with Crippen molar-refractivity contribution < 1.29 is 13.2 Å². The summed E-state index contributed by atoms with van der Waals surface area (Å²) in [6.07, 6.45) is 5.12. The Morgan fingerprint density at radius 2 is 2.04 bits per heavy atom. The number of benzene rings is 1. The fourth-order valence-electron chi connectivity index (χ4n) is 2.60. The quantitative estimate of drug-likeness (QED) is 0.849. The number of rotatable bonds is 5. The Bertz CT molecular complexity index is 817. The Kier molecular flexibility index (Phi) is 5.34. The number of sulfonamides is 1. The molecule has 130 valence electrons. The van der Waals surface area contributed by atoms with Crippen LogP contribution >= 0.6 is 23.2 Å². The van der Waals surface area contributed by atoms with E-state index in [9.17, 15) is 8.42 Å². The van der Waals surface area contributed by atoms with Gasteiger partial charge in [0.15, 0.2) is 0 Å². The third-order valence-corrected chi connectivity index (χ3v) is 5.95. The molecule has 9 heteroatoms. The van der Waals surface area contributed by atoms with E-state index in [0.717, 1.165) is 32.6 Å². The number of anilines is 1. The van der Waals surface area contributed by atoms with Gasteiger partial charge < -0.3 is 4.74 Å². The number of nitrogens with zero attached hydrogens (tertiary/aromatic N) is 2. The number of nitrogens with one attached hydrogen (secondary N) is 1. The van der Waals surface area contributed by atoms with Crippen molar-refractivity contribution in [3.63, 3.8) is 0 Å². The molecule has 0 unspecified atom stereocenters. The van der Waals surface area contributed by atoms with Crippen LogP contribution in [0, 0.1) is 5.92 Å². The van der Waals surface area contributed by atoms with E-state index in [1.54, 1.807) is 10.9 Å². The monoisotopic (exact) mass is 389 g/mol. The lowest BCUT2D eigenvalue weighted by atomic mass is 10.0. The molecule has 2 aromatic rings. The average molecular weight is 390 g/mol. The molecule has 1 saturated heterocycles. The van der Waals surface area contributed by atoms with Crippen LogP contribution < -0.4 is 4.72 Å². The Morgan fingerprint density at radius 1 is 1.29 bits per heavy atom. The van der Waals surface area contributed by atoms with Gasteiger partial charge in [-0.05, 0) is 37.0 Å². The third kappa shape index (κ3) is 4.22.